The van der Waals surface area contributed by atoms with Crippen molar-refractivity contribution >= 4 is 27.5 Å². The third kappa shape index (κ3) is 5.08. The molecule has 2 aromatic rings. The Kier molecular flexibility index (Phi) is 8.39. The average molecular weight is 519 g/mol. The van der Waals surface area contributed by atoms with Crippen molar-refractivity contribution < 1.29 is 37.3 Å². The number of ether oxygens (including phenoxy) is 3. The van der Waals surface area contributed by atoms with Crippen LogP contribution in [0.2, 0.25) is 0 Å². The summed E-state index contributed by atoms with van der Waals surface area (Å²) in [5.74, 6) is -1.13. The Morgan fingerprint density at radius 1 is 1.00 bits per heavy atom. The SMILES string of the molecule is COCCCN1C(=O)C(=O)C(=C(O)c2ccc(S(=O)(=O)N(C)C)cc2)C1c1ccc(OC)c(OC)c1. The molecule has 1 N–H and O–H groups in total. The Morgan fingerprint density at radius 2 is 1.64 bits per heavy atom. The molecule has 0 spiro atoms. The van der Waals surface area contributed by atoms with Gasteiger partial charge in [-0.2, -0.15) is 0 Å². The van der Waals surface area contributed by atoms with E-state index in [9.17, 15) is 23.1 Å². The van der Waals surface area contributed by atoms with Gasteiger partial charge < -0.3 is 24.2 Å². The van der Waals surface area contributed by atoms with Crippen LogP contribution in [-0.2, 0) is 24.3 Å². The van der Waals surface area contributed by atoms with E-state index in [0.29, 0.717) is 30.1 Å². The third-order valence-corrected chi connectivity index (χ3v) is 7.75. The zero-order valence-corrected chi connectivity index (χ0v) is 21.7. The van der Waals surface area contributed by atoms with Crippen molar-refractivity contribution in [2.45, 2.75) is 17.4 Å². The number of sulfonamides is 1. The second-order valence-electron chi connectivity index (χ2n) is 8.27. The third-order valence-electron chi connectivity index (χ3n) is 5.92. The molecule has 2 aromatic carbocycles. The molecule has 1 saturated heterocycles. The fraction of sp³-hybridized carbons (Fsp3) is 0.360. The minimum Gasteiger partial charge on any atom is -0.507 e. The number of hydrogen-bond acceptors (Lipinski definition) is 8. The molecular weight excluding hydrogens is 488 g/mol. The number of carbonyl (C=O) groups is 2. The van der Waals surface area contributed by atoms with E-state index in [1.165, 1.54) is 57.5 Å². The average Bonchev–Trinajstić information content (AvgIpc) is 3.13. The van der Waals surface area contributed by atoms with Gasteiger partial charge in [0.15, 0.2) is 11.5 Å². The largest absolute Gasteiger partial charge is 0.507 e. The van der Waals surface area contributed by atoms with Crippen LogP contribution in [0.5, 0.6) is 11.5 Å². The van der Waals surface area contributed by atoms with Crippen molar-refractivity contribution in [3.63, 3.8) is 0 Å². The molecular formula is C25H30N2O8S. The molecule has 36 heavy (non-hydrogen) atoms. The van der Waals surface area contributed by atoms with Gasteiger partial charge in [-0.05, 0) is 48.4 Å². The normalized spacial score (nSPS) is 17.6. The van der Waals surface area contributed by atoms with Crippen LogP contribution in [0.4, 0.5) is 0 Å². The van der Waals surface area contributed by atoms with E-state index >= 15 is 0 Å². The Morgan fingerprint density at radius 3 is 2.19 bits per heavy atom. The lowest BCUT2D eigenvalue weighted by Gasteiger charge is -2.26. The topological polar surface area (TPSA) is 123 Å². The summed E-state index contributed by atoms with van der Waals surface area (Å²) in [6.45, 7) is 0.595. The maximum atomic E-state index is 13.1. The van der Waals surface area contributed by atoms with Crippen molar-refractivity contribution in [1.82, 2.24) is 9.21 Å². The van der Waals surface area contributed by atoms with Crippen LogP contribution in [0.3, 0.4) is 0 Å². The van der Waals surface area contributed by atoms with Gasteiger partial charge in [-0.3, -0.25) is 9.59 Å². The number of Topliss-reactive ketones (excluding diaryl/α,β-unsaturated/α-hetero) is 1. The fourth-order valence-electron chi connectivity index (χ4n) is 4.01. The highest BCUT2D eigenvalue weighted by molar-refractivity contribution is 7.89. The minimum absolute atomic E-state index is 0.0282. The van der Waals surface area contributed by atoms with Crippen molar-refractivity contribution in [3.05, 3.63) is 59.2 Å². The summed E-state index contributed by atoms with van der Waals surface area (Å²) in [4.78, 5) is 27.6. The van der Waals surface area contributed by atoms with Gasteiger partial charge in [-0.25, -0.2) is 12.7 Å². The standard InChI is InChI=1S/C25H30N2O8S/c1-26(2)36(31,32)18-10-7-16(8-11-18)23(28)21-22(17-9-12-19(34-4)20(15-17)35-5)27(13-6-14-33-3)25(30)24(21)29/h7-12,15,22,28H,6,13-14H2,1-5H3. The van der Waals surface area contributed by atoms with Crippen LogP contribution >= 0.6 is 0 Å². The van der Waals surface area contributed by atoms with E-state index in [-0.39, 0.29) is 22.6 Å². The highest BCUT2D eigenvalue weighted by Crippen LogP contribution is 2.42. The van der Waals surface area contributed by atoms with Crippen molar-refractivity contribution in [2.24, 2.45) is 0 Å². The van der Waals surface area contributed by atoms with Gasteiger partial charge in [0.05, 0.1) is 30.7 Å². The predicted octanol–water partition coefficient (Wildman–Crippen LogP) is 2.41. The Hall–Kier alpha value is -3.41. The molecule has 0 bridgehead atoms. The molecule has 1 amide bonds. The molecule has 1 heterocycles. The Labute approximate surface area is 210 Å². The Balaban J connectivity index is 2.15. The van der Waals surface area contributed by atoms with Gasteiger partial charge in [0, 0.05) is 39.9 Å². The van der Waals surface area contributed by atoms with E-state index in [1.54, 1.807) is 25.3 Å². The first kappa shape index (κ1) is 27.2. The number of ketones is 1. The lowest BCUT2D eigenvalue weighted by molar-refractivity contribution is -0.140. The van der Waals surface area contributed by atoms with Gasteiger partial charge in [0.1, 0.15) is 5.76 Å². The highest BCUT2D eigenvalue weighted by Gasteiger charge is 2.46. The number of likely N-dealkylation sites (tertiary alicyclic amines) is 1. The summed E-state index contributed by atoms with van der Waals surface area (Å²) in [7, 11) is 3.66. The molecule has 1 atom stereocenters. The van der Waals surface area contributed by atoms with Crippen LogP contribution < -0.4 is 9.47 Å². The summed E-state index contributed by atoms with van der Waals surface area (Å²) in [6.07, 6.45) is 0.477. The molecule has 0 saturated carbocycles. The van der Waals surface area contributed by atoms with E-state index in [2.05, 4.69) is 0 Å². The molecule has 1 aliphatic rings. The van der Waals surface area contributed by atoms with Gasteiger partial charge in [-0.1, -0.05) is 6.07 Å². The lowest BCUT2D eigenvalue weighted by Crippen LogP contribution is -2.31. The number of benzene rings is 2. The maximum absolute atomic E-state index is 13.1. The molecule has 3 rings (SSSR count). The number of rotatable bonds is 10. The highest BCUT2D eigenvalue weighted by atomic mass is 32.2. The number of carbonyl (C=O) groups excluding carboxylic acids is 2. The molecule has 0 aromatic heterocycles. The number of methoxy groups -OCH3 is 3. The Bertz CT molecular complexity index is 1270. The molecule has 11 heteroatoms. The summed E-state index contributed by atoms with van der Waals surface area (Å²) >= 11 is 0. The molecule has 0 aliphatic carbocycles. The zero-order valence-electron chi connectivity index (χ0n) is 20.8. The van der Waals surface area contributed by atoms with Crippen LogP contribution in [0.15, 0.2) is 52.9 Å². The molecule has 194 valence electrons. The summed E-state index contributed by atoms with van der Waals surface area (Å²) < 4.78 is 41.7. The number of amides is 1. The number of aliphatic hydroxyl groups is 1. The van der Waals surface area contributed by atoms with Gasteiger partial charge in [-0.15, -0.1) is 0 Å². The predicted molar refractivity (Wildman–Crippen MR) is 132 cm³/mol. The maximum Gasteiger partial charge on any atom is 0.295 e. The van der Waals surface area contributed by atoms with Crippen molar-refractivity contribution in [1.29, 1.82) is 0 Å². The second kappa shape index (κ2) is 11.1. The van der Waals surface area contributed by atoms with E-state index in [0.717, 1.165) is 4.31 Å². The monoisotopic (exact) mass is 518 g/mol. The summed E-state index contributed by atoms with van der Waals surface area (Å²) in [6, 6.07) is 9.58. The van der Waals surface area contributed by atoms with Gasteiger partial charge in [0.2, 0.25) is 10.0 Å². The number of hydrogen-bond donors (Lipinski definition) is 1. The second-order valence-corrected chi connectivity index (χ2v) is 10.4. The van der Waals surface area contributed by atoms with Crippen molar-refractivity contribution in [3.8, 4) is 11.5 Å². The van der Waals surface area contributed by atoms with Gasteiger partial charge in [0.25, 0.3) is 11.7 Å². The summed E-state index contributed by atoms with van der Waals surface area (Å²) in [5, 5.41) is 11.2. The van der Waals surface area contributed by atoms with Crippen LogP contribution in [0.1, 0.15) is 23.6 Å². The van der Waals surface area contributed by atoms with Crippen molar-refractivity contribution in [2.75, 3.05) is 48.6 Å². The lowest BCUT2D eigenvalue weighted by atomic mass is 9.95. The van der Waals surface area contributed by atoms with E-state index < -0.39 is 33.5 Å². The molecule has 10 nitrogen and oxygen atoms in total. The van der Waals surface area contributed by atoms with E-state index in [4.69, 9.17) is 14.2 Å². The molecule has 1 aliphatic heterocycles. The smallest absolute Gasteiger partial charge is 0.295 e. The fourth-order valence-corrected chi connectivity index (χ4v) is 4.91. The minimum atomic E-state index is -3.68. The van der Waals surface area contributed by atoms with Crippen LogP contribution in [0.25, 0.3) is 5.76 Å². The quantitative estimate of drug-likeness (QED) is 0.220. The molecule has 1 unspecified atom stereocenters. The molecule has 1 fully saturated rings. The molecule has 0 radical (unpaired) electrons. The first-order valence-electron chi connectivity index (χ1n) is 11.1. The first-order chi connectivity index (χ1) is 17.1. The van der Waals surface area contributed by atoms with Crippen LogP contribution in [-0.4, -0.2) is 83.0 Å². The van der Waals surface area contributed by atoms with Gasteiger partial charge >= 0.3 is 0 Å². The zero-order chi connectivity index (χ0) is 26.6. The summed E-state index contributed by atoms with van der Waals surface area (Å²) in [5.41, 5.74) is 0.638. The number of aliphatic hydroxyl groups excluding tert-OH is 1. The van der Waals surface area contributed by atoms with Crippen LogP contribution in [0, 0.1) is 0 Å². The first-order valence-corrected chi connectivity index (χ1v) is 12.5. The number of nitrogens with zero attached hydrogens (tertiary/aromatic N) is 2. The van der Waals surface area contributed by atoms with E-state index in [1.807, 2.05) is 0 Å².